The number of ether oxygens (including phenoxy) is 1. The Morgan fingerprint density at radius 3 is 2.45 bits per heavy atom. The fraction of sp³-hybridized carbons (Fsp3) is 0.417. The summed E-state index contributed by atoms with van der Waals surface area (Å²) in [5.41, 5.74) is 1.37. The van der Waals surface area contributed by atoms with E-state index in [1.807, 2.05) is 18.2 Å². The van der Waals surface area contributed by atoms with Crippen LogP contribution in [-0.4, -0.2) is 19.3 Å². The maximum Gasteiger partial charge on any atom is 0.124 e. The summed E-state index contributed by atoms with van der Waals surface area (Å²) in [5, 5.41) is 3.73. The van der Waals surface area contributed by atoms with Gasteiger partial charge in [-0.1, -0.05) is 54.4 Å². The SMILES string of the molecule is C=CCC1CCC(c2ccc(Cl)cc2)[NH2+]C(CC)COC1.Fc1cccc(Cl)c1. The lowest BCUT2D eigenvalue weighted by atomic mass is 9.94. The van der Waals surface area contributed by atoms with Gasteiger partial charge in [0, 0.05) is 28.6 Å². The van der Waals surface area contributed by atoms with Gasteiger partial charge in [0.15, 0.2) is 0 Å². The van der Waals surface area contributed by atoms with E-state index in [0.29, 0.717) is 23.0 Å². The fourth-order valence-corrected chi connectivity index (χ4v) is 3.79. The molecular formula is C24H31Cl2FNO+. The van der Waals surface area contributed by atoms with Gasteiger partial charge in [0.25, 0.3) is 0 Å². The van der Waals surface area contributed by atoms with Gasteiger partial charge in [-0.3, -0.25) is 0 Å². The van der Waals surface area contributed by atoms with E-state index < -0.39 is 0 Å². The Labute approximate surface area is 184 Å². The van der Waals surface area contributed by atoms with Crippen molar-refractivity contribution in [1.82, 2.24) is 0 Å². The molecule has 2 aromatic rings. The van der Waals surface area contributed by atoms with Crippen LogP contribution in [-0.2, 0) is 4.74 Å². The Hall–Kier alpha value is -1.39. The second kappa shape index (κ2) is 13.0. The summed E-state index contributed by atoms with van der Waals surface area (Å²) >= 11 is 11.4. The molecule has 2 nitrogen and oxygen atoms in total. The third-order valence-electron chi connectivity index (χ3n) is 5.19. The minimum Gasteiger partial charge on any atom is -0.375 e. The van der Waals surface area contributed by atoms with E-state index in [1.165, 1.54) is 30.5 Å². The Balaban J connectivity index is 0.000000313. The number of quaternary nitrogens is 1. The summed E-state index contributed by atoms with van der Waals surface area (Å²) in [4.78, 5) is 0. The number of hydrogen-bond donors (Lipinski definition) is 1. The van der Waals surface area contributed by atoms with Crippen molar-refractivity contribution in [2.24, 2.45) is 5.92 Å². The van der Waals surface area contributed by atoms with Crippen molar-refractivity contribution in [3.05, 3.63) is 82.6 Å². The highest BCUT2D eigenvalue weighted by atomic mass is 35.5. The molecule has 0 spiro atoms. The molecule has 3 atom stereocenters. The Morgan fingerprint density at radius 2 is 1.86 bits per heavy atom. The third-order valence-corrected chi connectivity index (χ3v) is 5.67. The van der Waals surface area contributed by atoms with Gasteiger partial charge < -0.3 is 10.1 Å². The Kier molecular flexibility index (Phi) is 10.7. The van der Waals surface area contributed by atoms with Crippen LogP contribution >= 0.6 is 23.2 Å². The van der Waals surface area contributed by atoms with Crippen molar-refractivity contribution in [3.8, 4) is 0 Å². The van der Waals surface area contributed by atoms with Gasteiger partial charge in [-0.2, -0.15) is 0 Å². The number of hydrogen-bond acceptors (Lipinski definition) is 1. The number of allylic oxidation sites excluding steroid dienone is 1. The number of nitrogens with two attached hydrogens (primary N) is 1. The molecule has 1 aliphatic rings. The predicted molar refractivity (Wildman–Crippen MR) is 120 cm³/mol. The van der Waals surface area contributed by atoms with E-state index in [9.17, 15) is 4.39 Å². The van der Waals surface area contributed by atoms with Gasteiger partial charge in [0.2, 0.25) is 0 Å². The summed E-state index contributed by atoms with van der Waals surface area (Å²) in [5.74, 6) is 0.304. The van der Waals surface area contributed by atoms with Gasteiger partial charge in [-0.15, -0.1) is 6.58 Å². The molecule has 1 fully saturated rings. The van der Waals surface area contributed by atoms with Crippen molar-refractivity contribution >= 4 is 23.2 Å². The van der Waals surface area contributed by atoms with Crippen LogP contribution in [0.15, 0.2) is 61.2 Å². The molecule has 0 saturated carbocycles. The Bertz CT molecular complexity index is 721. The van der Waals surface area contributed by atoms with E-state index in [2.05, 4.69) is 31.0 Å². The van der Waals surface area contributed by atoms with Gasteiger partial charge in [-0.25, -0.2) is 4.39 Å². The first-order valence-electron chi connectivity index (χ1n) is 10.2. The first-order chi connectivity index (χ1) is 14.0. The molecule has 0 radical (unpaired) electrons. The third kappa shape index (κ3) is 8.88. The molecular weight excluding hydrogens is 408 g/mol. The molecule has 1 saturated heterocycles. The Morgan fingerprint density at radius 1 is 1.10 bits per heavy atom. The first kappa shape index (κ1) is 23.9. The highest BCUT2D eigenvalue weighted by Gasteiger charge is 2.24. The van der Waals surface area contributed by atoms with Crippen LogP contribution in [0.4, 0.5) is 4.39 Å². The van der Waals surface area contributed by atoms with Crippen molar-refractivity contribution in [2.45, 2.75) is 44.7 Å². The van der Waals surface area contributed by atoms with E-state index >= 15 is 0 Å². The maximum atomic E-state index is 12.1. The van der Waals surface area contributed by atoms with Crippen molar-refractivity contribution in [2.75, 3.05) is 13.2 Å². The predicted octanol–water partition coefficient (Wildman–Crippen LogP) is 6.20. The average Bonchev–Trinajstić information content (AvgIpc) is 2.80. The van der Waals surface area contributed by atoms with Crippen molar-refractivity contribution in [1.29, 1.82) is 0 Å². The average molecular weight is 439 g/mol. The summed E-state index contributed by atoms with van der Waals surface area (Å²) in [7, 11) is 0. The first-order valence-corrected chi connectivity index (χ1v) is 11.0. The molecule has 29 heavy (non-hydrogen) atoms. The summed E-state index contributed by atoms with van der Waals surface area (Å²) < 4.78 is 18.0. The lowest BCUT2D eigenvalue weighted by Gasteiger charge is -2.21. The van der Waals surface area contributed by atoms with Gasteiger partial charge in [0.1, 0.15) is 17.9 Å². The van der Waals surface area contributed by atoms with Crippen LogP contribution in [0.5, 0.6) is 0 Å². The molecule has 3 rings (SSSR count). The molecule has 2 aromatic carbocycles. The van der Waals surface area contributed by atoms with Gasteiger partial charge in [-0.05, 0) is 55.5 Å². The number of halogens is 3. The zero-order chi connectivity index (χ0) is 21.1. The monoisotopic (exact) mass is 438 g/mol. The zero-order valence-electron chi connectivity index (χ0n) is 17.0. The van der Waals surface area contributed by atoms with Crippen molar-refractivity contribution < 1.29 is 14.4 Å². The highest BCUT2D eigenvalue weighted by molar-refractivity contribution is 6.30. The summed E-state index contributed by atoms with van der Waals surface area (Å²) in [6.45, 7) is 7.82. The van der Waals surface area contributed by atoms with Crippen LogP contribution in [0.1, 0.15) is 44.2 Å². The topological polar surface area (TPSA) is 25.8 Å². The van der Waals surface area contributed by atoms with E-state index in [0.717, 1.165) is 31.1 Å². The van der Waals surface area contributed by atoms with Crippen LogP contribution in [0.25, 0.3) is 0 Å². The van der Waals surface area contributed by atoms with Crippen LogP contribution in [0.2, 0.25) is 10.0 Å². The standard InChI is InChI=1S/C18H26ClNO.C6H4ClF/c1-3-5-14-6-11-18(15-7-9-16(19)10-8-15)20-17(4-2)13-21-12-14;7-5-2-1-3-6(8)4-5/h3,7-10,14,17-18,20H,1,4-6,11-13H2,2H3;1-4H/p+1. The van der Waals surface area contributed by atoms with Crippen LogP contribution in [0, 0.1) is 11.7 Å². The maximum absolute atomic E-state index is 12.1. The largest absolute Gasteiger partial charge is 0.375 e. The molecule has 0 aliphatic carbocycles. The summed E-state index contributed by atoms with van der Waals surface area (Å²) in [6, 6.07) is 15.2. The molecule has 1 heterocycles. The molecule has 0 bridgehead atoms. The molecule has 5 heteroatoms. The molecule has 0 aromatic heterocycles. The second-order valence-corrected chi connectivity index (χ2v) is 8.34. The molecule has 1 aliphatic heterocycles. The minimum absolute atomic E-state index is 0.294. The lowest BCUT2D eigenvalue weighted by molar-refractivity contribution is -0.730. The van der Waals surface area contributed by atoms with E-state index in [1.54, 1.807) is 12.1 Å². The molecule has 158 valence electrons. The normalized spacial score (nSPS) is 22.4. The smallest absolute Gasteiger partial charge is 0.124 e. The summed E-state index contributed by atoms with van der Waals surface area (Å²) in [6.07, 6.45) is 6.57. The number of benzene rings is 2. The molecule has 3 unspecified atom stereocenters. The van der Waals surface area contributed by atoms with Gasteiger partial charge in [0.05, 0.1) is 6.61 Å². The minimum atomic E-state index is -0.294. The molecule has 0 amide bonds. The number of rotatable bonds is 4. The highest BCUT2D eigenvalue weighted by Crippen LogP contribution is 2.23. The second-order valence-electron chi connectivity index (χ2n) is 7.46. The van der Waals surface area contributed by atoms with E-state index in [4.69, 9.17) is 27.9 Å². The quantitative estimate of drug-likeness (QED) is 0.564. The molecule has 2 N–H and O–H groups in total. The van der Waals surface area contributed by atoms with E-state index in [-0.39, 0.29) is 5.82 Å². The van der Waals surface area contributed by atoms with Crippen LogP contribution < -0.4 is 5.32 Å². The zero-order valence-corrected chi connectivity index (χ0v) is 18.5. The fourth-order valence-electron chi connectivity index (χ4n) is 3.49. The van der Waals surface area contributed by atoms with Crippen LogP contribution in [0.3, 0.4) is 0 Å². The van der Waals surface area contributed by atoms with Gasteiger partial charge >= 0.3 is 0 Å². The lowest BCUT2D eigenvalue weighted by Crippen LogP contribution is -2.91. The van der Waals surface area contributed by atoms with Crippen molar-refractivity contribution in [3.63, 3.8) is 0 Å².